The van der Waals surface area contributed by atoms with Crippen LogP contribution in [0, 0.1) is 0 Å². The van der Waals surface area contributed by atoms with Crippen molar-refractivity contribution in [1.82, 2.24) is 15.0 Å². The number of carboxylic acid groups (broad SMARTS) is 1. The van der Waals surface area contributed by atoms with E-state index >= 15 is 0 Å². The van der Waals surface area contributed by atoms with Gasteiger partial charge in [0.15, 0.2) is 0 Å². The van der Waals surface area contributed by atoms with E-state index in [1.165, 1.54) is 6.20 Å². The maximum atomic E-state index is 10.7. The third-order valence-electron chi connectivity index (χ3n) is 2.24. The molecule has 0 saturated carbocycles. The van der Waals surface area contributed by atoms with Gasteiger partial charge in [0.2, 0.25) is 5.88 Å². The molecule has 2 aromatic heterocycles. The summed E-state index contributed by atoms with van der Waals surface area (Å²) in [5.74, 6) is 0.116. The molecular formula is C11H11N3O3. The summed E-state index contributed by atoms with van der Waals surface area (Å²) in [6, 6.07) is 3.60. The molecule has 0 bridgehead atoms. The van der Waals surface area contributed by atoms with Crippen molar-refractivity contribution in [2.75, 3.05) is 7.11 Å². The SMILES string of the molecule is COc1ccc(Cc2ncc(C(=O)O)[nH]2)cn1. The van der Waals surface area contributed by atoms with Crippen LogP contribution in [0.2, 0.25) is 0 Å². The van der Waals surface area contributed by atoms with Gasteiger partial charge in [-0.25, -0.2) is 14.8 Å². The highest BCUT2D eigenvalue weighted by Gasteiger charge is 2.07. The monoisotopic (exact) mass is 233 g/mol. The van der Waals surface area contributed by atoms with Crippen LogP contribution in [-0.2, 0) is 6.42 Å². The molecule has 88 valence electrons. The Kier molecular flexibility index (Phi) is 3.04. The van der Waals surface area contributed by atoms with E-state index in [9.17, 15) is 4.79 Å². The van der Waals surface area contributed by atoms with E-state index in [4.69, 9.17) is 9.84 Å². The van der Waals surface area contributed by atoms with Crippen molar-refractivity contribution in [2.24, 2.45) is 0 Å². The number of carboxylic acids is 1. The van der Waals surface area contributed by atoms with Gasteiger partial charge < -0.3 is 14.8 Å². The van der Waals surface area contributed by atoms with Crippen LogP contribution < -0.4 is 4.74 Å². The average molecular weight is 233 g/mol. The molecule has 0 saturated heterocycles. The van der Waals surface area contributed by atoms with Gasteiger partial charge in [0.1, 0.15) is 11.5 Å². The number of methoxy groups -OCH3 is 1. The standard InChI is InChI=1S/C11H11N3O3/c1-17-10-3-2-7(5-13-10)4-9-12-6-8(14-9)11(15)16/h2-3,5-6H,4H2,1H3,(H,12,14)(H,15,16). The maximum Gasteiger partial charge on any atom is 0.353 e. The molecule has 0 aromatic carbocycles. The zero-order chi connectivity index (χ0) is 12.3. The Labute approximate surface area is 97.3 Å². The highest BCUT2D eigenvalue weighted by atomic mass is 16.5. The Hall–Kier alpha value is -2.37. The molecule has 2 rings (SSSR count). The molecule has 0 spiro atoms. The lowest BCUT2D eigenvalue weighted by Gasteiger charge is -2.00. The molecule has 6 nitrogen and oxygen atoms in total. The van der Waals surface area contributed by atoms with E-state index in [0.29, 0.717) is 18.1 Å². The zero-order valence-electron chi connectivity index (χ0n) is 9.17. The van der Waals surface area contributed by atoms with Gasteiger partial charge in [-0.3, -0.25) is 0 Å². The van der Waals surface area contributed by atoms with Gasteiger partial charge in [-0.2, -0.15) is 0 Å². The summed E-state index contributed by atoms with van der Waals surface area (Å²) in [6.07, 6.45) is 3.47. The number of hydrogen-bond acceptors (Lipinski definition) is 4. The fraction of sp³-hybridized carbons (Fsp3) is 0.182. The quantitative estimate of drug-likeness (QED) is 0.825. The second kappa shape index (κ2) is 4.65. The molecule has 0 radical (unpaired) electrons. The first kappa shape index (κ1) is 11.1. The van der Waals surface area contributed by atoms with Gasteiger partial charge in [-0.15, -0.1) is 0 Å². The van der Waals surface area contributed by atoms with Gasteiger partial charge in [0, 0.05) is 18.7 Å². The minimum absolute atomic E-state index is 0.0847. The molecule has 2 heterocycles. The molecule has 2 aromatic rings. The topological polar surface area (TPSA) is 88.1 Å². The largest absolute Gasteiger partial charge is 0.481 e. The molecule has 17 heavy (non-hydrogen) atoms. The third-order valence-corrected chi connectivity index (χ3v) is 2.24. The lowest BCUT2D eigenvalue weighted by Crippen LogP contribution is -1.97. The van der Waals surface area contributed by atoms with Crippen LogP contribution in [0.3, 0.4) is 0 Å². The smallest absolute Gasteiger partial charge is 0.353 e. The van der Waals surface area contributed by atoms with Crippen molar-refractivity contribution in [3.63, 3.8) is 0 Å². The molecule has 0 unspecified atom stereocenters. The van der Waals surface area contributed by atoms with Crippen molar-refractivity contribution in [2.45, 2.75) is 6.42 Å². The number of nitrogens with one attached hydrogen (secondary N) is 1. The van der Waals surface area contributed by atoms with E-state index in [-0.39, 0.29) is 5.69 Å². The van der Waals surface area contributed by atoms with Crippen LogP contribution in [-0.4, -0.2) is 33.1 Å². The molecular weight excluding hydrogens is 222 g/mol. The molecule has 6 heteroatoms. The summed E-state index contributed by atoms with van der Waals surface area (Å²) in [4.78, 5) is 21.4. The first-order chi connectivity index (χ1) is 8.19. The molecule has 0 aliphatic heterocycles. The van der Waals surface area contributed by atoms with Crippen LogP contribution in [0.25, 0.3) is 0 Å². The van der Waals surface area contributed by atoms with E-state index < -0.39 is 5.97 Å². The van der Waals surface area contributed by atoms with Crippen LogP contribution >= 0.6 is 0 Å². The zero-order valence-corrected chi connectivity index (χ0v) is 9.17. The van der Waals surface area contributed by atoms with Crippen LogP contribution in [0.4, 0.5) is 0 Å². The van der Waals surface area contributed by atoms with Gasteiger partial charge in [-0.05, 0) is 5.56 Å². The molecule has 0 amide bonds. The number of aromatic amines is 1. The summed E-state index contributed by atoms with van der Waals surface area (Å²) < 4.78 is 4.94. The van der Waals surface area contributed by atoms with Crippen molar-refractivity contribution in [3.05, 3.63) is 41.6 Å². The highest BCUT2D eigenvalue weighted by molar-refractivity contribution is 5.85. The summed E-state index contributed by atoms with van der Waals surface area (Å²) >= 11 is 0. The molecule has 0 fully saturated rings. The Balaban J connectivity index is 2.11. The Morgan fingerprint density at radius 2 is 2.24 bits per heavy atom. The summed E-state index contributed by atoms with van der Waals surface area (Å²) in [7, 11) is 1.55. The van der Waals surface area contributed by atoms with Gasteiger partial charge in [-0.1, -0.05) is 6.07 Å². The number of ether oxygens (including phenoxy) is 1. The van der Waals surface area contributed by atoms with Crippen LogP contribution in [0.1, 0.15) is 21.9 Å². The number of aromatic nitrogens is 3. The number of hydrogen-bond donors (Lipinski definition) is 2. The fourth-order valence-electron chi connectivity index (χ4n) is 1.39. The summed E-state index contributed by atoms with van der Waals surface area (Å²) in [5, 5.41) is 8.73. The van der Waals surface area contributed by atoms with Crippen LogP contribution in [0.5, 0.6) is 5.88 Å². The second-order valence-corrected chi connectivity index (χ2v) is 3.43. The minimum atomic E-state index is -1.02. The van der Waals surface area contributed by atoms with E-state index in [2.05, 4.69) is 15.0 Å². The highest BCUT2D eigenvalue weighted by Crippen LogP contribution is 2.10. The fourth-order valence-corrected chi connectivity index (χ4v) is 1.39. The van der Waals surface area contributed by atoms with Gasteiger partial charge in [0.25, 0.3) is 0 Å². The molecule has 0 aliphatic carbocycles. The first-order valence-electron chi connectivity index (χ1n) is 4.95. The van der Waals surface area contributed by atoms with E-state index in [1.54, 1.807) is 19.4 Å². The van der Waals surface area contributed by atoms with Crippen molar-refractivity contribution in [1.29, 1.82) is 0 Å². The average Bonchev–Trinajstić information content (AvgIpc) is 2.79. The Bertz CT molecular complexity index is 519. The number of imidazole rings is 1. The summed E-state index contributed by atoms with van der Waals surface area (Å²) in [5.41, 5.74) is 1.01. The Morgan fingerprint density at radius 3 is 2.76 bits per heavy atom. The third kappa shape index (κ3) is 2.60. The van der Waals surface area contributed by atoms with E-state index in [1.807, 2.05) is 6.07 Å². The number of rotatable bonds is 4. The minimum Gasteiger partial charge on any atom is -0.481 e. The number of carbonyl (C=O) groups is 1. The van der Waals surface area contributed by atoms with E-state index in [0.717, 1.165) is 5.56 Å². The molecule has 0 aliphatic rings. The van der Waals surface area contributed by atoms with Gasteiger partial charge in [0.05, 0.1) is 13.3 Å². The maximum absolute atomic E-state index is 10.7. The van der Waals surface area contributed by atoms with Crippen LogP contribution in [0.15, 0.2) is 24.5 Å². The molecule has 2 N–H and O–H groups in total. The van der Waals surface area contributed by atoms with Gasteiger partial charge >= 0.3 is 5.97 Å². The van der Waals surface area contributed by atoms with Crippen molar-refractivity contribution < 1.29 is 14.6 Å². The first-order valence-corrected chi connectivity index (χ1v) is 4.95. The number of aromatic carboxylic acids is 1. The summed E-state index contributed by atoms with van der Waals surface area (Å²) in [6.45, 7) is 0. The second-order valence-electron chi connectivity index (χ2n) is 3.43. The number of H-pyrrole nitrogens is 1. The van der Waals surface area contributed by atoms with Crippen molar-refractivity contribution in [3.8, 4) is 5.88 Å². The normalized spacial score (nSPS) is 10.2. The molecule has 0 atom stereocenters. The lowest BCUT2D eigenvalue weighted by molar-refractivity contribution is 0.0691. The lowest BCUT2D eigenvalue weighted by atomic mass is 10.2. The number of pyridine rings is 1. The Morgan fingerprint density at radius 1 is 1.41 bits per heavy atom. The predicted octanol–water partition coefficient (Wildman–Crippen LogP) is 1.10. The van der Waals surface area contributed by atoms with Crippen molar-refractivity contribution >= 4 is 5.97 Å². The number of nitrogens with zero attached hydrogens (tertiary/aromatic N) is 2. The predicted molar refractivity (Wildman–Crippen MR) is 59.1 cm³/mol.